The summed E-state index contributed by atoms with van der Waals surface area (Å²) in [5.41, 5.74) is 1.14. The average Bonchev–Trinajstić information content (AvgIpc) is 2.60. The van der Waals surface area contributed by atoms with Crippen LogP contribution in [0.2, 0.25) is 0 Å². The van der Waals surface area contributed by atoms with Crippen molar-refractivity contribution in [2.45, 2.75) is 25.5 Å². The summed E-state index contributed by atoms with van der Waals surface area (Å²) in [5.74, 6) is -1.24. The fourth-order valence-electron chi connectivity index (χ4n) is 2.14. The van der Waals surface area contributed by atoms with Crippen LogP contribution in [0.3, 0.4) is 0 Å². The number of ether oxygens (including phenoxy) is 1. The van der Waals surface area contributed by atoms with Gasteiger partial charge in [0, 0.05) is 12.0 Å². The number of benzene rings is 2. The molecule has 0 saturated heterocycles. The quantitative estimate of drug-likeness (QED) is 0.802. The number of carboxylic acid groups (broad SMARTS) is 1. The minimum atomic E-state index is -2.59. The van der Waals surface area contributed by atoms with E-state index < -0.39 is 24.5 Å². The van der Waals surface area contributed by atoms with Gasteiger partial charge in [0.2, 0.25) is 0 Å². The van der Waals surface area contributed by atoms with E-state index in [-0.39, 0.29) is 18.6 Å². The highest BCUT2D eigenvalue weighted by atomic mass is 19.3. The maximum Gasteiger partial charge on any atom is 0.408 e. The second kappa shape index (κ2) is 8.77. The van der Waals surface area contributed by atoms with E-state index in [1.165, 1.54) is 24.3 Å². The Morgan fingerprint density at radius 2 is 1.64 bits per heavy atom. The van der Waals surface area contributed by atoms with Crippen LogP contribution in [0.4, 0.5) is 13.6 Å². The third kappa shape index (κ3) is 5.87. The molecule has 1 unspecified atom stereocenters. The number of alkyl carbamates (subject to hydrolysis) is 1. The number of hydrogen-bond acceptors (Lipinski definition) is 3. The fraction of sp³-hybridized carbons (Fsp3) is 0.222. The highest BCUT2D eigenvalue weighted by molar-refractivity contribution is 5.80. The zero-order chi connectivity index (χ0) is 18.2. The molecule has 2 aromatic carbocycles. The average molecular weight is 349 g/mol. The molecular weight excluding hydrogens is 332 g/mol. The van der Waals surface area contributed by atoms with Gasteiger partial charge in [-0.25, -0.2) is 18.4 Å². The topological polar surface area (TPSA) is 75.6 Å². The summed E-state index contributed by atoms with van der Waals surface area (Å²) >= 11 is 0. The number of halogens is 2. The van der Waals surface area contributed by atoms with Crippen molar-refractivity contribution in [3.8, 4) is 0 Å². The summed E-state index contributed by atoms with van der Waals surface area (Å²) in [5, 5.41) is 11.5. The van der Waals surface area contributed by atoms with Gasteiger partial charge < -0.3 is 15.2 Å². The lowest BCUT2D eigenvalue weighted by Gasteiger charge is -2.15. The molecular formula is C18H17F2NO4. The number of carbonyl (C=O) groups excluding carboxylic acids is 1. The molecule has 25 heavy (non-hydrogen) atoms. The Bertz CT molecular complexity index is 705. The van der Waals surface area contributed by atoms with Crippen LogP contribution >= 0.6 is 0 Å². The molecule has 0 spiro atoms. The molecule has 7 heteroatoms. The first-order valence-corrected chi connectivity index (χ1v) is 7.52. The van der Waals surface area contributed by atoms with Crippen LogP contribution in [-0.4, -0.2) is 23.2 Å². The van der Waals surface area contributed by atoms with Crippen LogP contribution in [0.15, 0.2) is 54.6 Å². The molecule has 1 amide bonds. The summed E-state index contributed by atoms with van der Waals surface area (Å²) in [6.07, 6.45) is -3.49. The van der Waals surface area contributed by atoms with E-state index in [2.05, 4.69) is 5.32 Å². The van der Waals surface area contributed by atoms with E-state index in [1.807, 2.05) is 6.07 Å². The normalized spacial score (nSPS) is 11.8. The standard InChI is InChI=1S/C18H17F2NO4/c19-16(20)14-8-6-12(7-9-14)10-15(17(22)23)21-18(24)25-11-13-4-2-1-3-5-13/h1-9,15-16H,10-11H2,(H,21,24)(H,22,23). The zero-order valence-electron chi connectivity index (χ0n) is 13.2. The van der Waals surface area contributed by atoms with Crippen molar-refractivity contribution in [1.29, 1.82) is 0 Å². The first kappa shape index (κ1) is 18.4. The van der Waals surface area contributed by atoms with E-state index in [4.69, 9.17) is 4.74 Å². The van der Waals surface area contributed by atoms with Crippen molar-refractivity contribution in [1.82, 2.24) is 5.32 Å². The predicted octanol–water partition coefficient (Wildman–Crippen LogP) is 3.55. The van der Waals surface area contributed by atoms with Crippen LogP contribution in [0.1, 0.15) is 23.1 Å². The van der Waals surface area contributed by atoms with Gasteiger partial charge in [-0.2, -0.15) is 0 Å². The van der Waals surface area contributed by atoms with E-state index in [0.29, 0.717) is 5.56 Å². The van der Waals surface area contributed by atoms with Gasteiger partial charge in [-0.3, -0.25) is 0 Å². The monoisotopic (exact) mass is 349 g/mol. The van der Waals surface area contributed by atoms with E-state index in [9.17, 15) is 23.5 Å². The van der Waals surface area contributed by atoms with Gasteiger partial charge >= 0.3 is 12.1 Å². The molecule has 0 aliphatic carbocycles. The fourth-order valence-corrected chi connectivity index (χ4v) is 2.14. The van der Waals surface area contributed by atoms with E-state index in [0.717, 1.165) is 5.56 Å². The third-order valence-electron chi connectivity index (χ3n) is 3.47. The summed E-state index contributed by atoms with van der Waals surface area (Å²) in [6, 6.07) is 13.0. The van der Waals surface area contributed by atoms with Gasteiger partial charge in [0.05, 0.1) is 0 Å². The minimum Gasteiger partial charge on any atom is -0.480 e. The Morgan fingerprint density at radius 3 is 2.20 bits per heavy atom. The smallest absolute Gasteiger partial charge is 0.408 e. The highest BCUT2D eigenvalue weighted by Gasteiger charge is 2.21. The van der Waals surface area contributed by atoms with Crippen molar-refractivity contribution in [2.75, 3.05) is 0 Å². The minimum absolute atomic E-state index is 0.0160. The third-order valence-corrected chi connectivity index (χ3v) is 3.47. The van der Waals surface area contributed by atoms with Crippen LogP contribution in [0.5, 0.6) is 0 Å². The van der Waals surface area contributed by atoms with E-state index >= 15 is 0 Å². The van der Waals surface area contributed by atoms with Crippen molar-refractivity contribution >= 4 is 12.1 Å². The van der Waals surface area contributed by atoms with Crippen LogP contribution < -0.4 is 5.32 Å². The van der Waals surface area contributed by atoms with Crippen molar-refractivity contribution < 1.29 is 28.2 Å². The molecule has 0 aromatic heterocycles. The first-order chi connectivity index (χ1) is 12.0. The van der Waals surface area contributed by atoms with E-state index in [1.54, 1.807) is 24.3 Å². The number of hydrogen-bond donors (Lipinski definition) is 2. The van der Waals surface area contributed by atoms with Crippen LogP contribution in [0.25, 0.3) is 0 Å². The molecule has 2 N–H and O–H groups in total. The number of nitrogens with one attached hydrogen (secondary N) is 1. The summed E-state index contributed by atoms with van der Waals surface area (Å²) in [4.78, 5) is 23.1. The van der Waals surface area contributed by atoms with Crippen LogP contribution in [-0.2, 0) is 22.6 Å². The number of carboxylic acids is 1. The number of carbonyl (C=O) groups is 2. The molecule has 0 heterocycles. The first-order valence-electron chi connectivity index (χ1n) is 7.52. The number of aliphatic carboxylic acids is 1. The SMILES string of the molecule is O=C(NC(Cc1ccc(C(F)F)cc1)C(=O)O)OCc1ccccc1. The van der Waals surface area contributed by atoms with Crippen LogP contribution in [0, 0.1) is 0 Å². The maximum atomic E-state index is 12.5. The molecule has 0 aliphatic rings. The predicted molar refractivity (Wildman–Crippen MR) is 86.3 cm³/mol. The Labute approximate surface area is 143 Å². The molecule has 0 saturated carbocycles. The molecule has 0 radical (unpaired) electrons. The Morgan fingerprint density at radius 1 is 1.00 bits per heavy atom. The van der Waals surface area contributed by atoms with Gasteiger partial charge in [-0.05, 0) is 11.1 Å². The maximum absolute atomic E-state index is 12.5. The second-order valence-corrected chi connectivity index (χ2v) is 5.34. The van der Waals surface area contributed by atoms with Gasteiger partial charge in [0.25, 0.3) is 6.43 Å². The van der Waals surface area contributed by atoms with Gasteiger partial charge in [-0.15, -0.1) is 0 Å². The molecule has 0 aliphatic heterocycles. The number of rotatable bonds is 7. The Kier molecular flexibility index (Phi) is 6.45. The lowest BCUT2D eigenvalue weighted by molar-refractivity contribution is -0.139. The number of alkyl halides is 2. The highest BCUT2D eigenvalue weighted by Crippen LogP contribution is 2.19. The van der Waals surface area contributed by atoms with Gasteiger partial charge in [0.15, 0.2) is 0 Å². The zero-order valence-corrected chi connectivity index (χ0v) is 13.2. The summed E-state index contributed by atoms with van der Waals surface area (Å²) in [7, 11) is 0. The molecule has 1 atom stereocenters. The summed E-state index contributed by atoms with van der Waals surface area (Å²) in [6.45, 7) is 0.0160. The molecule has 132 valence electrons. The van der Waals surface area contributed by atoms with Crippen molar-refractivity contribution in [3.63, 3.8) is 0 Å². The Hall–Kier alpha value is -2.96. The molecule has 0 fully saturated rings. The second-order valence-electron chi connectivity index (χ2n) is 5.34. The molecule has 5 nitrogen and oxygen atoms in total. The molecule has 2 aromatic rings. The van der Waals surface area contributed by atoms with Crippen molar-refractivity contribution in [2.24, 2.45) is 0 Å². The molecule has 2 rings (SSSR count). The number of amides is 1. The summed E-state index contributed by atoms with van der Waals surface area (Å²) < 4.78 is 30.0. The lowest BCUT2D eigenvalue weighted by Crippen LogP contribution is -2.42. The largest absolute Gasteiger partial charge is 0.480 e. The lowest BCUT2D eigenvalue weighted by atomic mass is 10.0. The Balaban J connectivity index is 1.91. The van der Waals surface area contributed by atoms with Gasteiger partial charge in [0.1, 0.15) is 12.6 Å². The van der Waals surface area contributed by atoms with Crippen molar-refractivity contribution in [3.05, 3.63) is 71.3 Å². The molecule has 0 bridgehead atoms. The van der Waals surface area contributed by atoms with Gasteiger partial charge in [-0.1, -0.05) is 54.6 Å².